The quantitative estimate of drug-likeness (QED) is 0.784. The minimum Gasteiger partial charge on any atom is -0.339 e. The first kappa shape index (κ1) is 15.5. The molecular weight excluding hydrogens is 321 g/mol. The molecule has 1 amide bonds. The first-order valence-electron chi connectivity index (χ1n) is 7.25. The summed E-state index contributed by atoms with van der Waals surface area (Å²) in [4.78, 5) is 14.3. The highest BCUT2D eigenvalue weighted by molar-refractivity contribution is 9.10. The molecule has 0 bridgehead atoms. The smallest absolute Gasteiger partial charge is 0.255 e. The fourth-order valence-corrected chi connectivity index (χ4v) is 3.39. The lowest BCUT2D eigenvalue weighted by molar-refractivity contribution is 0.0556. The number of likely N-dealkylation sites (tertiary alicyclic amines) is 1. The summed E-state index contributed by atoms with van der Waals surface area (Å²) in [5.74, 6) is -0.442. The summed E-state index contributed by atoms with van der Waals surface area (Å²) in [6, 6.07) is 4.26. The van der Waals surface area contributed by atoms with Gasteiger partial charge in [0.25, 0.3) is 5.91 Å². The van der Waals surface area contributed by atoms with Crippen molar-refractivity contribution in [3.63, 3.8) is 0 Å². The number of nitrogens with zero attached hydrogens (tertiary/aromatic N) is 1. The highest BCUT2D eigenvalue weighted by atomic mass is 79.9. The van der Waals surface area contributed by atoms with Crippen LogP contribution in [0.1, 0.15) is 49.9 Å². The zero-order valence-electron chi connectivity index (χ0n) is 12.1. The number of piperidine rings is 1. The van der Waals surface area contributed by atoms with Gasteiger partial charge in [-0.25, -0.2) is 4.39 Å². The second-order valence-electron chi connectivity index (χ2n) is 5.62. The van der Waals surface area contributed by atoms with E-state index in [9.17, 15) is 9.18 Å². The number of carbonyl (C=O) groups excluding carboxylic acids is 1. The average molecular weight is 342 g/mol. The van der Waals surface area contributed by atoms with Crippen LogP contribution in [0, 0.1) is 11.2 Å². The Labute approximate surface area is 128 Å². The number of rotatable bonds is 3. The van der Waals surface area contributed by atoms with Gasteiger partial charge in [0.05, 0.1) is 5.56 Å². The van der Waals surface area contributed by atoms with Crippen molar-refractivity contribution in [3.05, 3.63) is 34.1 Å². The molecule has 2 nitrogen and oxygen atoms in total. The molecule has 0 atom stereocenters. The number of hydrogen-bond donors (Lipinski definition) is 0. The van der Waals surface area contributed by atoms with Crippen LogP contribution >= 0.6 is 15.9 Å². The average Bonchev–Trinajstić information content (AvgIpc) is 2.49. The molecule has 0 aromatic heterocycles. The molecule has 0 spiro atoms. The molecule has 110 valence electrons. The van der Waals surface area contributed by atoms with Gasteiger partial charge in [-0.05, 0) is 52.4 Å². The largest absolute Gasteiger partial charge is 0.339 e. The lowest BCUT2D eigenvalue weighted by atomic mass is 9.74. The van der Waals surface area contributed by atoms with E-state index in [4.69, 9.17) is 0 Å². The Hall–Kier alpha value is -0.900. The van der Waals surface area contributed by atoms with Crippen LogP contribution in [0.3, 0.4) is 0 Å². The number of carbonyl (C=O) groups is 1. The summed E-state index contributed by atoms with van der Waals surface area (Å²) in [6.07, 6.45) is 4.40. The van der Waals surface area contributed by atoms with E-state index in [0.29, 0.717) is 15.5 Å². The van der Waals surface area contributed by atoms with Crippen molar-refractivity contribution in [2.24, 2.45) is 5.41 Å². The summed E-state index contributed by atoms with van der Waals surface area (Å²) in [6.45, 7) is 5.99. The fraction of sp³-hybridized carbons (Fsp3) is 0.562. The first-order valence-corrected chi connectivity index (χ1v) is 8.05. The second-order valence-corrected chi connectivity index (χ2v) is 6.48. The van der Waals surface area contributed by atoms with Gasteiger partial charge in [0.15, 0.2) is 0 Å². The summed E-state index contributed by atoms with van der Waals surface area (Å²) >= 11 is 3.33. The van der Waals surface area contributed by atoms with E-state index >= 15 is 0 Å². The van der Waals surface area contributed by atoms with Gasteiger partial charge >= 0.3 is 0 Å². The fourth-order valence-electron chi connectivity index (χ4n) is 2.97. The first-order chi connectivity index (χ1) is 9.51. The predicted molar refractivity (Wildman–Crippen MR) is 82.3 cm³/mol. The summed E-state index contributed by atoms with van der Waals surface area (Å²) in [5, 5.41) is 0. The van der Waals surface area contributed by atoms with Crippen molar-refractivity contribution in [2.45, 2.75) is 39.5 Å². The molecule has 20 heavy (non-hydrogen) atoms. The standard InChI is InChI=1S/C16H21BrFNO/c1-3-16(4-2)7-9-19(10-8-16)15(20)13-11-12(18)5-6-14(13)17/h5-6,11H,3-4,7-10H2,1-2H3. The number of halogens is 2. The molecule has 0 unspecified atom stereocenters. The van der Waals surface area contributed by atoms with E-state index < -0.39 is 0 Å². The second kappa shape index (κ2) is 6.25. The van der Waals surface area contributed by atoms with Crippen molar-refractivity contribution < 1.29 is 9.18 Å². The number of amides is 1. The molecule has 0 N–H and O–H groups in total. The van der Waals surface area contributed by atoms with Crippen LogP contribution in [0.4, 0.5) is 4.39 Å². The molecule has 1 aliphatic heterocycles. The number of benzene rings is 1. The summed E-state index contributed by atoms with van der Waals surface area (Å²) in [5.41, 5.74) is 0.807. The molecular formula is C16H21BrFNO. The molecule has 0 radical (unpaired) electrons. The Kier molecular flexibility index (Phi) is 4.84. The Bertz CT molecular complexity index is 489. The molecule has 4 heteroatoms. The van der Waals surface area contributed by atoms with Crippen LogP contribution in [0.25, 0.3) is 0 Å². The zero-order valence-corrected chi connectivity index (χ0v) is 13.7. The van der Waals surface area contributed by atoms with Crippen LogP contribution in [0.15, 0.2) is 22.7 Å². The molecule has 1 fully saturated rings. The van der Waals surface area contributed by atoms with E-state index in [2.05, 4.69) is 29.8 Å². The maximum atomic E-state index is 13.3. The highest BCUT2D eigenvalue weighted by Crippen LogP contribution is 2.38. The van der Waals surface area contributed by atoms with Crippen LogP contribution in [0.5, 0.6) is 0 Å². The lowest BCUT2D eigenvalue weighted by Crippen LogP contribution is -2.43. The monoisotopic (exact) mass is 341 g/mol. The third-order valence-corrected chi connectivity index (χ3v) is 5.46. The topological polar surface area (TPSA) is 20.3 Å². The molecule has 1 heterocycles. The van der Waals surface area contributed by atoms with Crippen molar-refractivity contribution in [2.75, 3.05) is 13.1 Å². The van der Waals surface area contributed by atoms with Crippen molar-refractivity contribution >= 4 is 21.8 Å². The van der Waals surface area contributed by atoms with Gasteiger partial charge in [0.1, 0.15) is 5.82 Å². The Morgan fingerprint density at radius 2 is 1.90 bits per heavy atom. The molecule has 1 aromatic carbocycles. The molecule has 0 aliphatic carbocycles. The highest BCUT2D eigenvalue weighted by Gasteiger charge is 2.33. The number of hydrogen-bond acceptors (Lipinski definition) is 1. The van der Waals surface area contributed by atoms with E-state index in [-0.39, 0.29) is 11.7 Å². The Morgan fingerprint density at radius 1 is 1.30 bits per heavy atom. The lowest BCUT2D eigenvalue weighted by Gasteiger charge is -2.41. The van der Waals surface area contributed by atoms with Gasteiger partial charge < -0.3 is 4.90 Å². The SMILES string of the molecule is CCC1(CC)CCN(C(=O)c2cc(F)ccc2Br)CC1. The van der Waals surface area contributed by atoms with Crippen LogP contribution < -0.4 is 0 Å². The predicted octanol–water partition coefficient (Wildman–Crippen LogP) is 4.63. The van der Waals surface area contributed by atoms with Crippen molar-refractivity contribution in [1.29, 1.82) is 0 Å². The third kappa shape index (κ3) is 3.05. The third-order valence-electron chi connectivity index (χ3n) is 4.77. The van der Waals surface area contributed by atoms with Crippen LogP contribution in [0.2, 0.25) is 0 Å². The normalized spacial score (nSPS) is 18.1. The Balaban J connectivity index is 2.10. The zero-order chi connectivity index (χ0) is 14.8. The van der Waals surface area contributed by atoms with Gasteiger partial charge in [-0.15, -0.1) is 0 Å². The maximum Gasteiger partial charge on any atom is 0.255 e. The van der Waals surface area contributed by atoms with E-state index in [1.807, 2.05) is 4.90 Å². The van der Waals surface area contributed by atoms with Gasteiger partial charge in [-0.1, -0.05) is 26.7 Å². The summed E-state index contributed by atoms with van der Waals surface area (Å²) in [7, 11) is 0. The maximum absolute atomic E-state index is 13.3. The minimum absolute atomic E-state index is 0.0721. The summed E-state index contributed by atoms with van der Waals surface area (Å²) < 4.78 is 14.0. The molecule has 1 aliphatic rings. The molecule has 1 aromatic rings. The van der Waals surface area contributed by atoms with Gasteiger partial charge in [-0.2, -0.15) is 0 Å². The molecule has 2 rings (SSSR count). The van der Waals surface area contributed by atoms with Gasteiger partial charge in [-0.3, -0.25) is 4.79 Å². The minimum atomic E-state index is -0.370. The van der Waals surface area contributed by atoms with Crippen molar-refractivity contribution in [1.82, 2.24) is 4.90 Å². The van der Waals surface area contributed by atoms with E-state index in [0.717, 1.165) is 38.8 Å². The van der Waals surface area contributed by atoms with Crippen LogP contribution in [-0.2, 0) is 0 Å². The van der Waals surface area contributed by atoms with Crippen molar-refractivity contribution in [3.8, 4) is 0 Å². The Morgan fingerprint density at radius 3 is 2.45 bits per heavy atom. The van der Waals surface area contributed by atoms with Gasteiger partial charge in [0.2, 0.25) is 0 Å². The van der Waals surface area contributed by atoms with Crippen LogP contribution in [-0.4, -0.2) is 23.9 Å². The molecule has 1 saturated heterocycles. The van der Waals surface area contributed by atoms with E-state index in [1.165, 1.54) is 12.1 Å². The van der Waals surface area contributed by atoms with E-state index in [1.54, 1.807) is 6.07 Å². The van der Waals surface area contributed by atoms with Gasteiger partial charge in [0, 0.05) is 17.6 Å². The molecule has 0 saturated carbocycles.